The molecule has 1 aromatic carbocycles. The SMILES string of the molecule is CCC(C)C(=O)[C@@H](N)Cc1ccc(N(CCCl)CCCl)cc1. The number of ketones is 1. The molecule has 3 nitrogen and oxygen atoms in total. The second kappa shape index (κ2) is 10.1. The zero-order chi connectivity index (χ0) is 16.5. The summed E-state index contributed by atoms with van der Waals surface area (Å²) in [5.74, 6) is 1.29. The topological polar surface area (TPSA) is 46.3 Å². The third-order valence-electron chi connectivity index (χ3n) is 3.93. The van der Waals surface area contributed by atoms with Crippen LogP contribution in [0, 0.1) is 5.92 Å². The maximum atomic E-state index is 12.1. The summed E-state index contributed by atoms with van der Waals surface area (Å²) >= 11 is 11.6. The van der Waals surface area contributed by atoms with Gasteiger partial charge in [0.25, 0.3) is 0 Å². The number of nitrogens with two attached hydrogens (primary N) is 1. The molecule has 0 radical (unpaired) electrons. The largest absolute Gasteiger partial charge is 0.369 e. The third kappa shape index (κ3) is 5.79. The highest BCUT2D eigenvalue weighted by Gasteiger charge is 2.19. The van der Waals surface area contributed by atoms with Gasteiger partial charge < -0.3 is 10.6 Å². The normalized spacial score (nSPS) is 13.7. The second-order valence-corrected chi connectivity index (χ2v) is 6.31. The van der Waals surface area contributed by atoms with Crippen LogP contribution in [0.1, 0.15) is 25.8 Å². The van der Waals surface area contributed by atoms with Crippen molar-refractivity contribution in [2.45, 2.75) is 32.7 Å². The number of hydrogen-bond donors (Lipinski definition) is 1. The molecular formula is C17H26Cl2N2O. The molecule has 0 spiro atoms. The van der Waals surface area contributed by atoms with Gasteiger partial charge in [0.2, 0.25) is 0 Å². The number of halogens is 2. The minimum atomic E-state index is -0.428. The van der Waals surface area contributed by atoms with E-state index in [-0.39, 0.29) is 11.7 Å². The standard InChI is InChI=1S/C17H26Cl2N2O/c1-3-13(2)17(22)16(20)12-14-4-6-15(7-5-14)21(10-8-18)11-9-19/h4-7,13,16H,3,8-12,20H2,1-2H3/t13?,16-/m0/s1. The van der Waals surface area contributed by atoms with Crippen molar-refractivity contribution in [3.8, 4) is 0 Å². The van der Waals surface area contributed by atoms with Crippen LogP contribution in [0.15, 0.2) is 24.3 Å². The number of carbonyl (C=O) groups is 1. The summed E-state index contributed by atoms with van der Waals surface area (Å²) in [7, 11) is 0. The third-order valence-corrected chi connectivity index (χ3v) is 4.27. The van der Waals surface area contributed by atoms with Crippen molar-refractivity contribution in [2.24, 2.45) is 11.7 Å². The molecule has 0 aliphatic heterocycles. The van der Waals surface area contributed by atoms with Crippen LogP contribution in [-0.2, 0) is 11.2 Å². The Hall–Kier alpha value is -0.770. The van der Waals surface area contributed by atoms with Crippen LogP contribution in [0.3, 0.4) is 0 Å². The van der Waals surface area contributed by atoms with Crippen molar-refractivity contribution >= 4 is 34.7 Å². The van der Waals surface area contributed by atoms with Gasteiger partial charge in [0, 0.05) is 36.5 Å². The number of Topliss-reactive ketones (excluding diaryl/α,β-unsaturated/α-hetero) is 1. The Bertz CT molecular complexity index is 444. The molecule has 0 bridgehead atoms. The van der Waals surface area contributed by atoms with Gasteiger partial charge in [0.05, 0.1) is 6.04 Å². The molecule has 1 rings (SSSR count). The number of rotatable bonds is 10. The molecular weight excluding hydrogens is 319 g/mol. The van der Waals surface area contributed by atoms with E-state index in [4.69, 9.17) is 28.9 Å². The number of benzene rings is 1. The molecule has 1 unspecified atom stereocenters. The Morgan fingerprint density at radius 3 is 2.18 bits per heavy atom. The lowest BCUT2D eigenvalue weighted by molar-refractivity contribution is -0.123. The van der Waals surface area contributed by atoms with Gasteiger partial charge in [-0.25, -0.2) is 0 Å². The van der Waals surface area contributed by atoms with E-state index >= 15 is 0 Å². The Labute approximate surface area is 143 Å². The molecule has 0 aliphatic rings. The van der Waals surface area contributed by atoms with Gasteiger partial charge in [-0.15, -0.1) is 23.2 Å². The van der Waals surface area contributed by atoms with Crippen molar-refractivity contribution < 1.29 is 4.79 Å². The maximum Gasteiger partial charge on any atom is 0.152 e. The summed E-state index contributed by atoms with van der Waals surface area (Å²) in [6.45, 7) is 5.47. The number of nitrogens with zero attached hydrogens (tertiary/aromatic N) is 1. The molecule has 124 valence electrons. The molecule has 5 heteroatoms. The van der Waals surface area contributed by atoms with E-state index in [0.29, 0.717) is 18.2 Å². The minimum Gasteiger partial charge on any atom is -0.369 e. The summed E-state index contributed by atoms with van der Waals surface area (Å²) in [6, 6.07) is 7.69. The van der Waals surface area contributed by atoms with Gasteiger partial charge in [0.1, 0.15) is 0 Å². The zero-order valence-electron chi connectivity index (χ0n) is 13.4. The average Bonchev–Trinajstić information content (AvgIpc) is 2.54. The molecule has 0 aliphatic carbocycles. The van der Waals surface area contributed by atoms with Crippen LogP contribution in [0.2, 0.25) is 0 Å². The predicted octanol–water partition coefficient (Wildman–Crippen LogP) is 3.46. The van der Waals surface area contributed by atoms with Crippen LogP contribution < -0.4 is 10.6 Å². The van der Waals surface area contributed by atoms with E-state index in [2.05, 4.69) is 4.90 Å². The van der Waals surface area contributed by atoms with Crippen LogP contribution in [0.25, 0.3) is 0 Å². The van der Waals surface area contributed by atoms with Crippen LogP contribution in [-0.4, -0.2) is 36.7 Å². The zero-order valence-corrected chi connectivity index (χ0v) is 14.9. The van der Waals surface area contributed by atoms with Crippen molar-refractivity contribution in [1.29, 1.82) is 0 Å². The van der Waals surface area contributed by atoms with E-state index in [1.807, 2.05) is 38.1 Å². The number of hydrogen-bond acceptors (Lipinski definition) is 3. The van der Waals surface area contributed by atoms with Gasteiger partial charge in [-0.05, 0) is 30.5 Å². The van der Waals surface area contributed by atoms with E-state index < -0.39 is 6.04 Å². The lowest BCUT2D eigenvalue weighted by atomic mass is 9.94. The molecule has 0 fully saturated rings. The second-order valence-electron chi connectivity index (χ2n) is 5.55. The van der Waals surface area contributed by atoms with Crippen molar-refractivity contribution in [3.63, 3.8) is 0 Å². The Kier molecular flexibility index (Phi) is 8.84. The molecule has 1 aromatic rings. The van der Waals surface area contributed by atoms with Crippen LogP contribution >= 0.6 is 23.2 Å². The van der Waals surface area contributed by atoms with Gasteiger partial charge in [-0.3, -0.25) is 4.79 Å². The van der Waals surface area contributed by atoms with Crippen LogP contribution in [0.4, 0.5) is 5.69 Å². The summed E-state index contributed by atoms with van der Waals surface area (Å²) in [4.78, 5) is 14.2. The van der Waals surface area contributed by atoms with E-state index in [9.17, 15) is 4.79 Å². The highest BCUT2D eigenvalue weighted by molar-refractivity contribution is 6.18. The Balaban J connectivity index is 2.69. The molecule has 2 N–H and O–H groups in total. The van der Waals surface area contributed by atoms with E-state index in [1.54, 1.807) is 0 Å². The highest BCUT2D eigenvalue weighted by Crippen LogP contribution is 2.17. The maximum absolute atomic E-state index is 12.1. The molecule has 2 atom stereocenters. The fourth-order valence-corrected chi connectivity index (χ4v) is 2.75. The first-order chi connectivity index (χ1) is 10.5. The fraction of sp³-hybridized carbons (Fsp3) is 0.588. The molecule has 0 aromatic heterocycles. The summed E-state index contributed by atoms with van der Waals surface area (Å²) < 4.78 is 0. The number of alkyl halides is 2. The molecule has 22 heavy (non-hydrogen) atoms. The lowest BCUT2D eigenvalue weighted by Gasteiger charge is -2.23. The molecule has 0 amide bonds. The first-order valence-electron chi connectivity index (χ1n) is 7.78. The van der Waals surface area contributed by atoms with Crippen molar-refractivity contribution in [1.82, 2.24) is 0 Å². The first-order valence-corrected chi connectivity index (χ1v) is 8.85. The summed E-state index contributed by atoms with van der Waals surface area (Å²) in [6.07, 6.45) is 1.41. The number of anilines is 1. The van der Waals surface area contributed by atoms with Crippen molar-refractivity contribution in [3.05, 3.63) is 29.8 Å². The Morgan fingerprint density at radius 2 is 1.73 bits per heavy atom. The fourth-order valence-electron chi connectivity index (χ4n) is 2.34. The summed E-state index contributed by atoms with van der Waals surface area (Å²) in [5.41, 5.74) is 8.19. The molecule has 0 saturated carbocycles. The number of carbonyl (C=O) groups excluding carboxylic acids is 1. The van der Waals surface area contributed by atoms with Gasteiger partial charge in [0.15, 0.2) is 5.78 Å². The monoisotopic (exact) mass is 344 g/mol. The van der Waals surface area contributed by atoms with E-state index in [0.717, 1.165) is 30.8 Å². The first kappa shape index (κ1) is 19.3. The highest BCUT2D eigenvalue weighted by atomic mass is 35.5. The van der Waals surface area contributed by atoms with E-state index in [1.165, 1.54) is 0 Å². The Morgan fingerprint density at radius 1 is 1.18 bits per heavy atom. The quantitative estimate of drug-likeness (QED) is 0.661. The lowest BCUT2D eigenvalue weighted by Crippen LogP contribution is -2.36. The minimum absolute atomic E-state index is 0.0252. The van der Waals surface area contributed by atoms with Crippen molar-refractivity contribution in [2.75, 3.05) is 29.7 Å². The van der Waals surface area contributed by atoms with Gasteiger partial charge in [-0.1, -0.05) is 26.0 Å². The molecule has 0 saturated heterocycles. The average molecular weight is 345 g/mol. The smallest absolute Gasteiger partial charge is 0.152 e. The predicted molar refractivity (Wildman–Crippen MR) is 96.2 cm³/mol. The molecule has 0 heterocycles. The van der Waals surface area contributed by atoms with Gasteiger partial charge >= 0.3 is 0 Å². The summed E-state index contributed by atoms with van der Waals surface area (Å²) in [5, 5.41) is 0. The van der Waals surface area contributed by atoms with Crippen LogP contribution in [0.5, 0.6) is 0 Å². The van der Waals surface area contributed by atoms with Gasteiger partial charge in [-0.2, -0.15) is 0 Å².